The highest BCUT2D eigenvalue weighted by atomic mass is 32.2. The second-order valence-corrected chi connectivity index (χ2v) is 9.48. The quantitative estimate of drug-likeness (QED) is 0.633. The summed E-state index contributed by atoms with van der Waals surface area (Å²) in [5.74, 6) is 1.10. The molecule has 0 aliphatic carbocycles. The van der Waals surface area contributed by atoms with Gasteiger partial charge >= 0.3 is 0 Å². The van der Waals surface area contributed by atoms with Gasteiger partial charge < -0.3 is 13.9 Å². The van der Waals surface area contributed by atoms with E-state index in [4.69, 9.17) is 9.47 Å². The summed E-state index contributed by atoms with van der Waals surface area (Å²) in [6.07, 6.45) is 4.78. The normalized spacial score (nSPS) is 18.4. The van der Waals surface area contributed by atoms with Gasteiger partial charge in [0.2, 0.25) is 10.0 Å². The molecule has 0 atom stereocenters. The van der Waals surface area contributed by atoms with Gasteiger partial charge in [-0.2, -0.15) is 4.31 Å². The van der Waals surface area contributed by atoms with Gasteiger partial charge in [-0.05, 0) is 24.3 Å². The molecule has 4 heterocycles. The highest BCUT2D eigenvalue weighted by Crippen LogP contribution is 2.33. The minimum Gasteiger partial charge on any atom is -0.490 e. The van der Waals surface area contributed by atoms with Crippen LogP contribution >= 0.6 is 0 Å². The zero-order valence-corrected chi connectivity index (χ0v) is 17.4. The zero-order chi connectivity index (χ0) is 20.6. The number of aromatic nitrogens is 2. The minimum atomic E-state index is -3.57. The molecular weight excluding hydrogens is 404 g/mol. The fourth-order valence-corrected chi connectivity index (χ4v) is 5.31. The van der Waals surface area contributed by atoms with Crippen molar-refractivity contribution in [2.75, 3.05) is 39.4 Å². The van der Waals surface area contributed by atoms with Crippen molar-refractivity contribution in [1.29, 1.82) is 0 Å². The van der Waals surface area contributed by atoms with Crippen molar-refractivity contribution in [3.8, 4) is 11.5 Å². The Morgan fingerprint density at radius 3 is 2.57 bits per heavy atom. The van der Waals surface area contributed by atoms with Crippen molar-refractivity contribution in [3.05, 3.63) is 54.5 Å². The summed E-state index contributed by atoms with van der Waals surface area (Å²) in [5, 5.41) is 0. The highest BCUT2D eigenvalue weighted by molar-refractivity contribution is 7.89. The lowest BCUT2D eigenvalue weighted by Gasteiger charge is -2.33. The summed E-state index contributed by atoms with van der Waals surface area (Å²) < 4.78 is 41.1. The lowest BCUT2D eigenvalue weighted by Crippen LogP contribution is -2.48. The Morgan fingerprint density at radius 1 is 0.967 bits per heavy atom. The SMILES string of the molecule is O=S(=O)(c1ccc2c(c1)OCCCO2)N1CCN(Cc2cn3ccccc3n2)CC1. The zero-order valence-electron chi connectivity index (χ0n) is 16.6. The number of fused-ring (bicyclic) bond motifs is 2. The van der Waals surface area contributed by atoms with E-state index in [-0.39, 0.29) is 4.90 Å². The highest BCUT2D eigenvalue weighted by Gasteiger charge is 2.29. The molecule has 0 spiro atoms. The second kappa shape index (κ2) is 7.90. The van der Waals surface area contributed by atoms with E-state index in [1.807, 2.05) is 35.0 Å². The Kier molecular flexibility index (Phi) is 5.10. The summed E-state index contributed by atoms with van der Waals surface area (Å²) >= 11 is 0. The molecule has 1 fully saturated rings. The van der Waals surface area contributed by atoms with Crippen molar-refractivity contribution in [1.82, 2.24) is 18.6 Å². The van der Waals surface area contributed by atoms with E-state index in [0.717, 1.165) is 17.8 Å². The van der Waals surface area contributed by atoms with Crippen molar-refractivity contribution >= 4 is 15.7 Å². The van der Waals surface area contributed by atoms with Crippen LogP contribution in [0.3, 0.4) is 0 Å². The average molecular weight is 429 g/mol. The Balaban J connectivity index is 1.26. The Labute approximate surface area is 175 Å². The molecule has 0 unspecified atom stereocenters. The van der Waals surface area contributed by atoms with Gasteiger partial charge in [-0.25, -0.2) is 13.4 Å². The number of benzene rings is 1. The number of rotatable bonds is 4. The smallest absolute Gasteiger partial charge is 0.243 e. The monoisotopic (exact) mass is 428 g/mol. The summed E-state index contributed by atoms with van der Waals surface area (Å²) in [5.41, 5.74) is 1.91. The molecule has 3 aromatic rings. The molecule has 0 N–H and O–H groups in total. The van der Waals surface area contributed by atoms with Crippen LogP contribution in [-0.2, 0) is 16.6 Å². The molecule has 2 aliphatic rings. The Morgan fingerprint density at radius 2 is 1.77 bits per heavy atom. The summed E-state index contributed by atoms with van der Waals surface area (Å²) in [4.78, 5) is 7.12. The largest absolute Gasteiger partial charge is 0.490 e. The summed E-state index contributed by atoms with van der Waals surface area (Å²) in [6, 6.07) is 10.8. The van der Waals surface area contributed by atoms with E-state index < -0.39 is 10.0 Å². The average Bonchev–Trinajstić information content (AvgIpc) is 3.01. The topological polar surface area (TPSA) is 76.4 Å². The Bertz CT molecular complexity index is 1120. The molecule has 0 bridgehead atoms. The van der Waals surface area contributed by atoms with Gasteiger partial charge in [-0.15, -0.1) is 0 Å². The van der Waals surface area contributed by atoms with E-state index in [0.29, 0.717) is 57.4 Å². The van der Waals surface area contributed by atoms with Gasteiger partial charge in [0.15, 0.2) is 11.5 Å². The standard InChI is InChI=1S/C21H24N4O4S/c26-30(27,18-5-6-19-20(14-18)29-13-3-12-28-19)25-10-8-23(9-11-25)15-17-16-24-7-2-1-4-21(24)22-17/h1-2,4-7,14,16H,3,8-13,15H2. The molecule has 2 aliphatic heterocycles. The number of piperazine rings is 1. The maximum absolute atomic E-state index is 13.1. The maximum Gasteiger partial charge on any atom is 0.243 e. The van der Waals surface area contributed by atoms with Crippen LogP contribution in [0.2, 0.25) is 0 Å². The predicted molar refractivity (Wildman–Crippen MR) is 111 cm³/mol. The van der Waals surface area contributed by atoms with E-state index in [9.17, 15) is 8.42 Å². The molecule has 9 heteroatoms. The van der Waals surface area contributed by atoms with Crippen molar-refractivity contribution < 1.29 is 17.9 Å². The molecule has 158 valence electrons. The first-order valence-corrected chi connectivity index (χ1v) is 11.6. The number of nitrogens with zero attached hydrogens (tertiary/aromatic N) is 4. The third-order valence-electron chi connectivity index (χ3n) is 5.49. The van der Waals surface area contributed by atoms with Crippen molar-refractivity contribution in [3.63, 3.8) is 0 Å². The van der Waals surface area contributed by atoms with E-state index >= 15 is 0 Å². The molecule has 0 radical (unpaired) electrons. The van der Waals surface area contributed by atoms with Crippen LogP contribution in [0.1, 0.15) is 12.1 Å². The first kappa shape index (κ1) is 19.3. The summed E-state index contributed by atoms with van der Waals surface area (Å²) in [6.45, 7) is 4.04. The fourth-order valence-electron chi connectivity index (χ4n) is 3.87. The van der Waals surface area contributed by atoms with Gasteiger partial charge in [0.05, 0.1) is 23.8 Å². The predicted octanol–water partition coefficient (Wildman–Crippen LogP) is 2.00. The van der Waals surface area contributed by atoms with Crippen LogP contribution in [0.5, 0.6) is 11.5 Å². The first-order valence-electron chi connectivity index (χ1n) is 10.1. The Hall–Kier alpha value is -2.62. The fraction of sp³-hybridized carbons (Fsp3) is 0.381. The van der Waals surface area contributed by atoms with Crippen LogP contribution in [0, 0.1) is 0 Å². The minimum absolute atomic E-state index is 0.251. The van der Waals surface area contributed by atoms with Crippen LogP contribution in [0.15, 0.2) is 53.7 Å². The third-order valence-corrected chi connectivity index (χ3v) is 7.38. The second-order valence-electron chi connectivity index (χ2n) is 7.54. The number of hydrogen-bond acceptors (Lipinski definition) is 6. The van der Waals surface area contributed by atoms with Gasteiger partial charge in [0, 0.05) is 57.6 Å². The molecular formula is C21H24N4O4S. The number of imidazole rings is 1. The summed E-state index contributed by atoms with van der Waals surface area (Å²) in [7, 11) is -3.57. The maximum atomic E-state index is 13.1. The van der Waals surface area contributed by atoms with Crippen molar-refractivity contribution in [2.45, 2.75) is 17.9 Å². The lowest BCUT2D eigenvalue weighted by atomic mass is 10.3. The van der Waals surface area contributed by atoms with Crippen LogP contribution in [-0.4, -0.2) is 66.4 Å². The van der Waals surface area contributed by atoms with Crippen LogP contribution in [0.25, 0.3) is 5.65 Å². The van der Waals surface area contributed by atoms with E-state index in [1.165, 1.54) is 0 Å². The van der Waals surface area contributed by atoms with E-state index in [1.54, 1.807) is 22.5 Å². The number of ether oxygens (including phenoxy) is 2. The number of hydrogen-bond donors (Lipinski definition) is 0. The van der Waals surface area contributed by atoms with Crippen molar-refractivity contribution in [2.24, 2.45) is 0 Å². The van der Waals surface area contributed by atoms with Gasteiger partial charge in [-0.3, -0.25) is 4.90 Å². The van der Waals surface area contributed by atoms with Gasteiger partial charge in [0.25, 0.3) is 0 Å². The van der Waals surface area contributed by atoms with Crippen LogP contribution in [0.4, 0.5) is 0 Å². The van der Waals surface area contributed by atoms with Gasteiger partial charge in [0.1, 0.15) is 5.65 Å². The molecule has 1 aromatic carbocycles. The van der Waals surface area contributed by atoms with Gasteiger partial charge in [-0.1, -0.05) is 6.07 Å². The lowest BCUT2D eigenvalue weighted by molar-refractivity contribution is 0.180. The molecule has 0 amide bonds. The molecule has 8 nitrogen and oxygen atoms in total. The first-order chi connectivity index (χ1) is 14.6. The molecule has 2 aromatic heterocycles. The number of pyridine rings is 1. The van der Waals surface area contributed by atoms with E-state index in [2.05, 4.69) is 9.88 Å². The number of sulfonamides is 1. The molecule has 5 rings (SSSR count). The molecule has 30 heavy (non-hydrogen) atoms. The molecule has 1 saturated heterocycles. The van der Waals surface area contributed by atoms with Crippen LogP contribution < -0.4 is 9.47 Å². The third kappa shape index (κ3) is 3.76. The molecule has 0 saturated carbocycles.